The standard InChI is InChI=1S/C23H28N2O5S2/c1-3-5-9-17-16-25(18-10-7-6-8-11-18)19-14-21(31-4-2)20(30-13-12-23(26)27)15-22(19)32(28,29)24-17/h6-8,10-15,17,24H,3-5,9,16H2,1-2H3,(H,26,27)/b13-12+/t17-/m0/s1. The van der Waals surface area contributed by atoms with Crippen molar-refractivity contribution in [2.75, 3.05) is 17.2 Å². The summed E-state index contributed by atoms with van der Waals surface area (Å²) < 4.78 is 35.1. The number of carboxylic acids is 1. The summed E-state index contributed by atoms with van der Waals surface area (Å²) in [6.45, 7) is 4.57. The molecular formula is C23H28N2O5S2. The number of thioether (sulfide) groups is 1. The molecule has 9 heteroatoms. The molecule has 0 aliphatic carbocycles. The summed E-state index contributed by atoms with van der Waals surface area (Å²) in [5.41, 5.74) is 1.48. The monoisotopic (exact) mass is 476 g/mol. The van der Waals surface area contributed by atoms with Crippen molar-refractivity contribution >= 4 is 39.1 Å². The van der Waals surface area contributed by atoms with Gasteiger partial charge < -0.3 is 14.7 Å². The summed E-state index contributed by atoms with van der Waals surface area (Å²) >= 11 is 1.50. The first-order chi connectivity index (χ1) is 15.4. The van der Waals surface area contributed by atoms with E-state index in [4.69, 9.17) is 9.84 Å². The summed E-state index contributed by atoms with van der Waals surface area (Å²) in [7, 11) is -3.82. The number of carboxylic acid groups (broad SMARTS) is 1. The molecule has 2 aromatic carbocycles. The van der Waals surface area contributed by atoms with Gasteiger partial charge in [-0.15, -0.1) is 11.8 Å². The Kier molecular flexibility index (Phi) is 8.22. The third-order valence-corrected chi connectivity index (χ3v) is 7.48. The molecule has 0 unspecified atom stereocenters. The molecule has 2 N–H and O–H groups in total. The Morgan fingerprint density at radius 2 is 2.03 bits per heavy atom. The highest BCUT2D eigenvalue weighted by atomic mass is 32.2. The predicted octanol–water partition coefficient (Wildman–Crippen LogP) is 4.76. The number of ether oxygens (including phenoxy) is 1. The molecular weight excluding hydrogens is 448 g/mol. The molecule has 32 heavy (non-hydrogen) atoms. The topological polar surface area (TPSA) is 95.9 Å². The van der Waals surface area contributed by atoms with E-state index >= 15 is 0 Å². The molecule has 1 aliphatic heterocycles. The quantitative estimate of drug-likeness (QED) is 0.306. The predicted molar refractivity (Wildman–Crippen MR) is 127 cm³/mol. The Labute approximate surface area is 193 Å². The van der Waals surface area contributed by atoms with Crippen molar-refractivity contribution in [1.82, 2.24) is 4.72 Å². The summed E-state index contributed by atoms with van der Waals surface area (Å²) in [6, 6.07) is 12.8. The van der Waals surface area contributed by atoms with E-state index in [0.717, 1.165) is 47.9 Å². The molecule has 2 aromatic rings. The fourth-order valence-electron chi connectivity index (χ4n) is 3.57. The molecule has 0 radical (unpaired) electrons. The molecule has 0 fully saturated rings. The summed E-state index contributed by atoms with van der Waals surface area (Å²) in [5.74, 6) is -0.0981. The highest BCUT2D eigenvalue weighted by molar-refractivity contribution is 7.99. The van der Waals surface area contributed by atoms with Crippen LogP contribution in [0.2, 0.25) is 0 Å². The number of hydrogen-bond acceptors (Lipinski definition) is 6. The van der Waals surface area contributed by atoms with Crippen LogP contribution in [0.4, 0.5) is 11.4 Å². The SMILES string of the molecule is CCCC[C@H]1CN(c2ccccc2)c2cc(SCC)c(O/C=C/C(=O)O)cc2S(=O)(=O)N1. The number of fused-ring (bicyclic) bond motifs is 1. The maximum Gasteiger partial charge on any atom is 0.331 e. The van der Waals surface area contributed by atoms with E-state index in [9.17, 15) is 13.2 Å². The normalized spacial score (nSPS) is 17.7. The number of nitrogens with one attached hydrogen (secondary N) is 1. The van der Waals surface area contributed by atoms with Crippen LogP contribution in [-0.2, 0) is 14.8 Å². The molecule has 0 aromatic heterocycles. The highest BCUT2D eigenvalue weighted by Crippen LogP contribution is 2.42. The Balaban J connectivity index is 2.16. The second kappa shape index (κ2) is 10.9. The first-order valence-electron chi connectivity index (χ1n) is 10.6. The van der Waals surface area contributed by atoms with Crippen LogP contribution in [0.3, 0.4) is 0 Å². The third-order valence-electron chi connectivity index (χ3n) is 5.01. The first kappa shape index (κ1) is 24.2. The first-order valence-corrected chi connectivity index (χ1v) is 13.0. The Morgan fingerprint density at radius 1 is 1.28 bits per heavy atom. The van der Waals surface area contributed by atoms with E-state index in [2.05, 4.69) is 11.6 Å². The number of para-hydroxylation sites is 1. The average Bonchev–Trinajstić information content (AvgIpc) is 2.86. The molecule has 7 nitrogen and oxygen atoms in total. The number of carbonyl (C=O) groups is 1. The van der Waals surface area contributed by atoms with Crippen molar-refractivity contribution in [2.24, 2.45) is 0 Å². The van der Waals surface area contributed by atoms with Gasteiger partial charge in [-0.2, -0.15) is 0 Å². The molecule has 0 saturated heterocycles. The van der Waals surface area contributed by atoms with E-state index in [0.29, 0.717) is 18.0 Å². The van der Waals surface area contributed by atoms with Gasteiger partial charge >= 0.3 is 5.97 Å². The molecule has 1 aliphatic rings. The van der Waals surface area contributed by atoms with E-state index in [-0.39, 0.29) is 10.9 Å². The Morgan fingerprint density at radius 3 is 2.69 bits per heavy atom. The van der Waals surface area contributed by atoms with Gasteiger partial charge in [0.15, 0.2) is 0 Å². The lowest BCUT2D eigenvalue weighted by atomic mass is 10.1. The highest BCUT2D eigenvalue weighted by Gasteiger charge is 2.33. The number of benzene rings is 2. The van der Waals surface area contributed by atoms with E-state index in [1.807, 2.05) is 48.2 Å². The van der Waals surface area contributed by atoms with Crippen LogP contribution in [0.1, 0.15) is 33.1 Å². The minimum atomic E-state index is -3.82. The molecule has 0 bridgehead atoms. The number of hydrogen-bond donors (Lipinski definition) is 2. The van der Waals surface area contributed by atoms with Gasteiger partial charge in [0.2, 0.25) is 10.0 Å². The van der Waals surface area contributed by atoms with Crippen molar-refractivity contribution in [1.29, 1.82) is 0 Å². The smallest absolute Gasteiger partial charge is 0.331 e. The zero-order valence-corrected chi connectivity index (χ0v) is 19.8. The van der Waals surface area contributed by atoms with Crippen molar-refractivity contribution in [2.45, 2.75) is 48.9 Å². The van der Waals surface area contributed by atoms with Crippen LogP contribution in [0.15, 0.2) is 64.6 Å². The van der Waals surface area contributed by atoms with E-state index in [1.54, 1.807) is 0 Å². The van der Waals surface area contributed by atoms with Gasteiger partial charge in [0.25, 0.3) is 0 Å². The van der Waals surface area contributed by atoms with Crippen LogP contribution >= 0.6 is 11.8 Å². The van der Waals surface area contributed by atoms with Gasteiger partial charge in [0.1, 0.15) is 10.6 Å². The minimum Gasteiger partial charge on any atom is -0.478 e. The van der Waals surface area contributed by atoms with Crippen LogP contribution in [0, 0.1) is 0 Å². The van der Waals surface area contributed by atoms with Gasteiger partial charge in [-0.05, 0) is 30.4 Å². The minimum absolute atomic E-state index is 0.111. The summed E-state index contributed by atoms with van der Waals surface area (Å²) in [6.07, 6.45) is 4.54. The number of rotatable bonds is 9. The Hall–Kier alpha value is -2.49. The van der Waals surface area contributed by atoms with Crippen molar-refractivity contribution in [3.63, 3.8) is 0 Å². The summed E-state index contributed by atoms with van der Waals surface area (Å²) in [5, 5.41) is 8.85. The second-order valence-electron chi connectivity index (χ2n) is 7.37. The van der Waals surface area contributed by atoms with Crippen molar-refractivity contribution < 1.29 is 23.1 Å². The molecule has 0 amide bonds. The maximum atomic E-state index is 13.3. The molecule has 1 heterocycles. The van der Waals surface area contributed by atoms with Crippen LogP contribution in [-0.4, -0.2) is 37.8 Å². The number of anilines is 2. The van der Waals surface area contributed by atoms with Crippen LogP contribution < -0.4 is 14.4 Å². The number of nitrogens with zero attached hydrogens (tertiary/aromatic N) is 1. The van der Waals surface area contributed by atoms with Crippen LogP contribution in [0.5, 0.6) is 5.75 Å². The fraction of sp³-hybridized carbons (Fsp3) is 0.348. The molecule has 0 spiro atoms. The fourth-order valence-corrected chi connectivity index (χ4v) is 5.79. The zero-order valence-electron chi connectivity index (χ0n) is 18.2. The Bertz CT molecular complexity index is 1070. The lowest BCUT2D eigenvalue weighted by Crippen LogP contribution is -2.39. The lowest BCUT2D eigenvalue weighted by Gasteiger charge is -2.27. The van der Waals surface area contributed by atoms with Gasteiger partial charge in [-0.1, -0.05) is 44.9 Å². The van der Waals surface area contributed by atoms with Gasteiger partial charge in [-0.25, -0.2) is 17.9 Å². The zero-order chi connectivity index (χ0) is 23.1. The van der Waals surface area contributed by atoms with E-state index < -0.39 is 16.0 Å². The van der Waals surface area contributed by atoms with Crippen molar-refractivity contribution in [3.8, 4) is 5.75 Å². The summed E-state index contributed by atoms with van der Waals surface area (Å²) in [4.78, 5) is 13.7. The second-order valence-corrected chi connectivity index (χ2v) is 10.4. The molecule has 0 saturated carbocycles. The van der Waals surface area contributed by atoms with Crippen molar-refractivity contribution in [3.05, 3.63) is 54.8 Å². The lowest BCUT2D eigenvalue weighted by molar-refractivity contribution is -0.131. The van der Waals surface area contributed by atoms with Gasteiger partial charge in [0.05, 0.1) is 22.9 Å². The molecule has 1 atom stereocenters. The number of unbranched alkanes of at least 4 members (excludes halogenated alkanes) is 1. The number of sulfonamides is 1. The average molecular weight is 477 g/mol. The third kappa shape index (κ3) is 5.85. The molecule has 172 valence electrons. The van der Waals surface area contributed by atoms with Gasteiger partial charge in [0, 0.05) is 24.3 Å². The largest absolute Gasteiger partial charge is 0.478 e. The van der Waals surface area contributed by atoms with Crippen LogP contribution in [0.25, 0.3) is 0 Å². The number of aliphatic carboxylic acids is 1. The van der Waals surface area contributed by atoms with E-state index in [1.165, 1.54) is 17.8 Å². The maximum absolute atomic E-state index is 13.3. The molecule has 3 rings (SSSR count). The van der Waals surface area contributed by atoms with Gasteiger partial charge in [-0.3, -0.25) is 0 Å².